The van der Waals surface area contributed by atoms with E-state index in [4.69, 9.17) is 33.2 Å². The summed E-state index contributed by atoms with van der Waals surface area (Å²) in [6.07, 6.45) is -8.44. The molecule has 1 aliphatic carbocycles. The van der Waals surface area contributed by atoms with Crippen LogP contribution in [-0.4, -0.2) is 104 Å². The van der Waals surface area contributed by atoms with E-state index < -0.39 is 103 Å². The van der Waals surface area contributed by atoms with Crippen molar-refractivity contribution >= 4 is 41.8 Å². The molecule has 0 radical (unpaired) electrons. The van der Waals surface area contributed by atoms with Crippen molar-refractivity contribution in [1.82, 2.24) is 10.6 Å². The highest BCUT2D eigenvalue weighted by Crippen LogP contribution is 2.44. The van der Waals surface area contributed by atoms with Crippen molar-refractivity contribution in [2.75, 3.05) is 19.8 Å². The minimum absolute atomic E-state index is 0.0108. The molecule has 326 valence electrons. The van der Waals surface area contributed by atoms with Crippen LogP contribution in [0.1, 0.15) is 71.1 Å². The van der Waals surface area contributed by atoms with Crippen LogP contribution in [0.5, 0.6) is 0 Å². The van der Waals surface area contributed by atoms with E-state index in [1.165, 1.54) is 0 Å². The van der Waals surface area contributed by atoms with Crippen LogP contribution < -0.4 is 10.6 Å². The zero-order valence-corrected chi connectivity index (χ0v) is 35.2. The van der Waals surface area contributed by atoms with E-state index in [1.54, 1.807) is 51.1 Å². The molecule has 5 rings (SSSR count). The van der Waals surface area contributed by atoms with Crippen LogP contribution in [0.15, 0.2) is 78.9 Å². The Morgan fingerprint density at radius 2 is 1.20 bits per heavy atom. The molecule has 2 aliphatic rings. The Labute approximate surface area is 353 Å². The van der Waals surface area contributed by atoms with Crippen molar-refractivity contribution in [2.45, 2.75) is 103 Å². The van der Waals surface area contributed by atoms with Crippen molar-refractivity contribution in [1.29, 1.82) is 0 Å². The van der Waals surface area contributed by atoms with E-state index >= 15 is 0 Å². The molecule has 7 atom stereocenters. The molecule has 2 amide bonds. The maximum absolute atomic E-state index is 14.2. The summed E-state index contributed by atoms with van der Waals surface area (Å²) < 4.78 is 39.7. The third-order valence-corrected chi connectivity index (χ3v) is 9.86. The van der Waals surface area contributed by atoms with E-state index in [0.29, 0.717) is 5.56 Å². The lowest BCUT2D eigenvalue weighted by atomic mass is 9.86. The fraction of sp³-hybridized carbons (Fsp3) is 0.444. The van der Waals surface area contributed by atoms with Gasteiger partial charge in [-0.3, -0.25) is 28.8 Å². The van der Waals surface area contributed by atoms with Gasteiger partial charge in [-0.05, 0) is 48.6 Å². The SMILES string of the molecule is CC(=O)OC[C@H]1O[C@@H]([C@H](CNC(=O)[C@H](Cc2ccccc2)NC(=O)OCC2c3ccccc3-c3ccccc32)C(=O)OC(C)(C)C)[C@H](OC(C)=O)[C@@H](OC(C)=O)[C@@H]1OC(C)=O. The van der Waals surface area contributed by atoms with Gasteiger partial charge in [0.15, 0.2) is 18.3 Å². The Balaban J connectivity index is 1.43. The van der Waals surface area contributed by atoms with Crippen LogP contribution >= 0.6 is 0 Å². The first-order valence-electron chi connectivity index (χ1n) is 19.9. The zero-order chi connectivity index (χ0) is 44.4. The number of carbonyl (C=O) groups is 7. The maximum Gasteiger partial charge on any atom is 0.407 e. The molecule has 1 heterocycles. The number of carbonyl (C=O) groups excluding carboxylic acids is 7. The number of hydrogen-bond donors (Lipinski definition) is 2. The average Bonchev–Trinajstić information content (AvgIpc) is 3.50. The number of nitrogens with one attached hydrogen (secondary N) is 2. The van der Waals surface area contributed by atoms with Crippen molar-refractivity contribution in [3.8, 4) is 11.1 Å². The van der Waals surface area contributed by atoms with E-state index in [-0.39, 0.29) is 18.9 Å². The number of rotatable bonds is 15. The molecule has 0 spiro atoms. The van der Waals surface area contributed by atoms with Gasteiger partial charge in [0.1, 0.15) is 43.0 Å². The van der Waals surface area contributed by atoms with E-state index in [0.717, 1.165) is 49.9 Å². The molecule has 0 unspecified atom stereocenters. The first-order valence-corrected chi connectivity index (χ1v) is 19.9. The van der Waals surface area contributed by atoms with Crippen LogP contribution in [0, 0.1) is 5.92 Å². The smallest absolute Gasteiger partial charge is 0.407 e. The van der Waals surface area contributed by atoms with Crippen molar-refractivity contribution in [2.24, 2.45) is 5.92 Å². The summed E-state index contributed by atoms with van der Waals surface area (Å²) in [5.41, 5.74) is 3.73. The van der Waals surface area contributed by atoms with Gasteiger partial charge < -0.3 is 43.8 Å². The fourth-order valence-corrected chi connectivity index (χ4v) is 7.47. The highest BCUT2D eigenvalue weighted by Gasteiger charge is 2.56. The summed E-state index contributed by atoms with van der Waals surface area (Å²) in [5.74, 6) is -6.69. The van der Waals surface area contributed by atoms with Gasteiger partial charge in [0.25, 0.3) is 0 Å². The lowest BCUT2D eigenvalue weighted by Gasteiger charge is -2.46. The summed E-state index contributed by atoms with van der Waals surface area (Å²) in [4.78, 5) is 91.2. The van der Waals surface area contributed by atoms with Gasteiger partial charge in [-0.25, -0.2) is 4.79 Å². The van der Waals surface area contributed by atoms with Gasteiger partial charge in [0.05, 0.1) is 0 Å². The quantitative estimate of drug-likeness (QED) is 0.161. The van der Waals surface area contributed by atoms with Crippen molar-refractivity contribution < 1.29 is 66.7 Å². The van der Waals surface area contributed by atoms with Gasteiger partial charge in [-0.1, -0.05) is 78.9 Å². The number of amides is 2. The zero-order valence-electron chi connectivity index (χ0n) is 35.2. The third kappa shape index (κ3) is 12.4. The molecule has 0 saturated carbocycles. The van der Waals surface area contributed by atoms with Gasteiger partial charge in [0, 0.05) is 46.6 Å². The Morgan fingerprint density at radius 3 is 1.75 bits per heavy atom. The number of esters is 5. The molecule has 16 heteroatoms. The molecule has 1 fully saturated rings. The van der Waals surface area contributed by atoms with Gasteiger partial charge in [0.2, 0.25) is 5.91 Å². The van der Waals surface area contributed by atoms with Crippen LogP contribution in [0.3, 0.4) is 0 Å². The van der Waals surface area contributed by atoms with E-state index in [1.807, 2.05) is 48.5 Å². The Hall–Kier alpha value is -6.29. The van der Waals surface area contributed by atoms with E-state index in [2.05, 4.69) is 10.6 Å². The monoisotopic (exact) mass is 844 g/mol. The number of alkyl carbamates (subject to hydrolysis) is 1. The number of fused-ring (bicyclic) bond motifs is 3. The first kappa shape index (κ1) is 45.8. The summed E-state index contributed by atoms with van der Waals surface area (Å²) in [6, 6.07) is 23.4. The second kappa shape index (κ2) is 20.3. The molecule has 61 heavy (non-hydrogen) atoms. The lowest BCUT2D eigenvalue weighted by molar-refractivity contribution is -0.261. The standard InChI is InChI=1S/C45H52N2O14/c1-25(48)55-24-37-39(57-26(2)49)41(59-28(4)51)40(58-27(3)50)38(60-37)34(43(53)61-45(5,6)7)22-46-42(52)36(21-29-15-9-8-10-16-29)47-44(54)56-23-35-32-19-13-11-17-30(32)31-18-12-14-20-33(31)35/h8-20,34-41H,21-24H2,1-7H3,(H,46,52)(H,47,54)/t34-,36-,37+,38-,39+,40-,41-/m0/s1. The van der Waals surface area contributed by atoms with E-state index in [9.17, 15) is 33.6 Å². The minimum Gasteiger partial charge on any atom is -0.463 e. The Morgan fingerprint density at radius 1 is 0.656 bits per heavy atom. The van der Waals surface area contributed by atoms with Crippen LogP contribution in [0.4, 0.5) is 4.79 Å². The van der Waals surface area contributed by atoms with Crippen LogP contribution in [0.2, 0.25) is 0 Å². The maximum atomic E-state index is 14.2. The fourth-order valence-electron chi connectivity index (χ4n) is 7.47. The topological polar surface area (TPSA) is 208 Å². The van der Waals surface area contributed by atoms with Gasteiger partial charge in [-0.2, -0.15) is 0 Å². The number of ether oxygens (including phenoxy) is 7. The van der Waals surface area contributed by atoms with Crippen LogP contribution in [0.25, 0.3) is 11.1 Å². The average molecular weight is 845 g/mol. The van der Waals surface area contributed by atoms with Crippen LogP contribution in [-0.2, 0) is 68.3 Å². The molecule has 1 saturated heterocycles. The molecule has 16 nitrogen and oxygen atoms in total. The summed E-state index contributed by atoms with van der Waals surface area (Å²) in [5, 5.41) is 5.41. The van der Waals surface area contributed by atoms with Crippen molar-refractivity contribution in [3.63, 3.8) is 0 Å². The highest BCUT2D eigenvalue weighted by molar-refractivity contribution is 5.87. The Bertz CT molecular complexity index is 2040. The molecular formula is C45H52N2O14. The molecule has 0 bridgehead atoms. The molecule has 1 aliphatic heterocycles. The predicted molar refractivity (Wildman–Crippen MR) is 216 cm³/mol. The second-order valence-electron chi connectivity index (χ2n) is 15.8. The molecule has 2 N–H and O–H groups in total. The molecule has 3 aromatic rings. The molecule has 0 aromatic heterocycles. The lowest BCUT2D eigenvalue weighted by Crippen LogP contribution is -2.65. The summed E-state index contributed by atoms with van der Waals surface area (Å²) in [7, 11) is 0. The number of hydrogen-bond acceptors (Lipinski definition) is 14. The van der Waals surface area contributed by atoms with Gasteiger partial charge in [-0.15, -0.1) is 0 Å². The molecule has 3 aromatic carbocycles. The largest absolute Gasteiger partial charge is 0.463 e. The number of benzene rings is 3. The van der Waals surface area contributed by atoms with Crippen molar-refractivity contribution in [3.05, 3.63) is 95.6 Å². The summed E-state index contributed by atoms with van der Waals surface area (Å²) >= 11 is 0. The predicted octanol–water partition coefficient (Wildman–Crippen LogP) is 4.34. The minimum atomic E-state index is -1.62. The summed E-state index contributed by atoms with van der Waals surface area (Å²) in [6.45, 7) is 8.12. The normalized spacial score (nSPS) is 20.3. The molecular weight excluding hydrogens is 792 g/mol. The third-order valence-electron chi connectivity index (χ3n) is 9.86. The Kier molecular flexibility index (Phi) is 15.2. The first-order chi connectivity index (χ1) is 28.9. The van der Waals surface area contributed by atoms with Gasteiger partial charge >= 0.3 is 35.9 Å². The second-order valence-corrected chi connectivity index (χ2v) is 15.8. The highest BCUT2D eigenvalue weighted by atomic mass is 16.7.